The Hall–Kier alpha value is -2.59. The standard InChI is InChI=1S/C23H25F4NO4S/c1-5-6-28-14(4)32-13(3)17-8-15(7-16(9-29)23(17)28)10-33(30,31)11-18-21(26)19(24)12(2)20(25)22(18)27/h7-8,13,29H,4-6,9-11H2,1-3H3. The zero-order valence-electron chi connectivity index (χ0n) is 18.5. The summed E-state index contributed by atoms with van der Waals surface area (Å²) < 4.78 is 87.4. The number of halogens is 4. The average Bonchev–Trinajstić information content (AvgIpc) is 2.76. The van der Waals surface area contributed by atoms with E-state index >= 15 is 0 Å². The Morgan fingerprint density at radius 2 is 1.70 bits per heavy atom. The van der Waals surface area contributed by atoms with E-state index in [4.69, 9.17) is 4.74 Å². The van der Waals surface area contributed by atoms with Crippen LogP contribution in [-0.2, 0) is 32.7 Å². The molecular weight excluding hydrogens is 462 g/mol. The Bertz CT molecular complexity index is 1180. The molecule has 0 spiro atoms. The number of hydrogen-bond donors (Lipinski definition) is 1. The molecule has 0 aliphatic carbocycles. The van der Waals surface area contributed by atoms with Crippen molar-refractivity contribution in [3.05, 3.63) is 75.7 Å². The third-order valence-corrected chi connectivity index (χ3v) is 7.04. The van der Waals surface area contributed by atoms with Crippen LogP contribution < -0.4 is 4.90 Å². The lowest BCUT2D eigenvalue weighted by atomic mass is 9.97. The Kier molecular flexibility index (Phi) is 7.09. The number of benzene rings is 2. The van der Waals surface area contributed by atoms with Gasteiger partial charge in [0.25, 0.3) is 0 Å². The number of sulfone groups is 1. The van der Waals surface area contributed by atoms with E-state index in [1.165, 1.54) is 6.07 Å². The zero-order chi connectivity index (χ0) is 24.7. The topological polar surface area (TPSA) is 66.8 Å². The molecule has 0 bridgehead atoms. The van der Waals surface area contributed by atoms with Crippen molar-refractivity contribution in [2.45, 2.75) is 51.4 Å². The van der Waals surface area contributed by atoms with Gasteiger partial charge in [-0.15, -0.1) is 0 Å². The first kappa shape index (κ1) is 25.0. The van der Waals surface area contributed by atoms with Gasteiger partial charge in [-0.25, -0.2) is 26.0 Å². The van der Waals surface area contributed by atoms with Gasteiger partial charge in [-0.1, -0.05) is 13.0 Å². The maximum absolute atomic E-state index is 14.2. The molecule has 33 heavy (non-hydrogen) atoms. The molecule has 1 unspecified atom stereocenters. The fraction of sp³-hybridized carbons (Fsp3) is 0.391. The number of ether oxygens (including phenoxy) is 1. The molecule has 0 saturated heterocycles. The van der Waals surface area contributed by atoms with Crippen LogP contribution in [0.1, 0.15) is 54.2 Å². The predicted molar refractivity (Wildman–Crippen MR) is 116 cm³/mol. The molecule has 0 saturated carbocycles. The largest absolute Gasteiger partial charge is 0.471 e. The number of fused-ring (bicyclic) bond motifs is 1. The molecule has 180 valence electrons. The van der Waals surface area contributed by atoms with Gasteiger partial charge in [0, 0.05) is 28.8 Å². The maximum atomic E-state index is 14.2. The molecule has 3 rings (SSSR count). The third-order valence-electron chi connectivity index (χ3n) is 5.54. The third kappa shape index (κ3) is 4.72. The summed E-state index contributed by atoms with van der Waals surface area (Å²) in [7, 11) is -4.25. The van der Waals surface area contributed by atoms with Crippen molar-refractivity contribution in [1.29, 1.82) is 0 Å². The number of nitrogens with zero attached hydrogens (tertiary/aromatic N) is 1. The summed E-state index contributed by atoms with van der Waals surface area (Å²) in [6.07, 6.45) is 0.279. The van der Waals surface area contributed by atoms with Crippen LogP contribution in [0.5, 0.6) is 0 Å². The normalized spacial score (nSPS) is 16.1. The lowest BCUT2D eigenvalue weighted by Crippen LogP contribution is -2.32. The molecule has 2 aromatic rings. The number of aliphatic hydroxyl groups excluding tert-OH is 1. The minimum absolute atomic E-state index is 0.242. The van der Waals surface area contributed by atoms with Crippen LogP contribution in [-0.4, -0.2) is 20.1 Å². The number of aliphatic hydroxyl groups is 1. The van der Waals surface area contributed by atoms with Crippen molar-refractivity contribution in [3.8, 4) is 0 Å². The van der Waals surface area contributed by atoms with E-state index in [2.05, 4.69) is 6.58 Å². The molecule has 0 fully saturated rings. The fourth-order valence-corrected chi connectivity index (χ4v) is 5.45. The molecule has 0 aromatic heterocycles. The summed E-state index contributed by atoms with van der Waals surface area (Å²) in [4.78, 5) is 1.79. The van der Waals surface area contributed by atoms with Crippen molar-refractivity contribution >= 4 is 15.5 Å². The van der Waals surface area contributed by atoms with E-state index in [1.54, 1.807) is 17.9 Å². The number of rotatable bonds is 7. The summed E-state index contributed by atoms with van der Waals surface area (Å²) in [6.45, 7) is 8.63. The van der Waals surface area contributed by atoms with Crippen LogP contribution in [0.4, 0.5) is 23.2 Å². The Labute approximate surface area is 190 Å². The molecule has 1 atom stereocenters. The molecule has 1 aliphatic heterocycles. The molecule has 1 N–H and O–H groups in total. The van der Waals surface area contributed by atoms with Crippen molar-refractivity contribution in [2.24, 2.45) is 0 Å². The molecule has 0 radical (unpaired) electrons. The van der Waals surface area contributed by atoms with Gasteiger partial charge in [-0.3, -0.25) is 0 Å². The van der Waals surface area contributed by atoms with Gasteiger partial charge in [-0.2, -0.15) is 0 Å². The van der Waals surface area contributed by atoms with Gasteiger partial charge in [-0.05, 0) is 38.5 Å². The molecule has 1 heterocycles. The van der Waals surface area contributed by atoms with Crippen LogP contribution in [0, 0.1) is 30.2 Å². The first-order chi connectivity index (χ1) is 15.4. The Morgan fingerprint density at radius 3 is 2.24 bits per heavy atom. The van der Waals surface area contributed by atoms with Crippen LogP contribution in [0.2, 0.25) is 0 Å². The van der Waals surface area contributed by atoms with Gasteiger partial charge in [0.15, 0.2) is 39.0 Å². The number of hydrogen-bond acceptors (Lipinski definition) is 5. The first-order valence-corrected chi connectivity index (χ1v) is 12.1. The molecule has 2 aromatic carbocycles. The smallest absolute Gasteiger partial charge is 0.187 e. The summed E-state index contributed by atoms with van der Waals surface area (Å²) in [6, 6.07) is 3.06. The van der Waals surface area contributed by atoms with Gasteiger partial charge in [0.1, 0.15) is 6.10 Å². The lowest BCUT2D eigenvalue weighted by molar-refractivity contribution is 0.118. The van der Waals surface area contributed by atoms with Crippen molar-refractivity contribution < 1.29 is 35.8 Å². The van der Waals surface area contributed by atoms with Gasteiger partial charge >= 0.3 is 0 Å². The minimum Gasteiger partial charge on any atom is -0.471 e. The molecule has 10 heteroatoms. The van der Waals surface area contributed by atoms with Gasteiger partial charge in [0.2, 0.25) is 0 Å². The molecular formula is C23H25F4NO4S. The van der Waals surface area contributed by atoms with Crippen molar-refractivity contribution in [2.75, 3.05) is 11.4 Å². The lowest BCUT2D eigenvalue weighted by Gasteiger charge is -2.37. The van der Waals surface area contributed by atoms with Crippen molar-refractivity contribution in [1.82, 2.24) is 0 Å². The highest BCUT2D eigenvalue weighted by molar-refractivity contribution is 7.89. The second-order valence-corrected chi connectivity index (χ2v) is 10.1. The SMILES string of the molecule is C=C1OC(C)c2cc(CS(=O)(=O)Cc3c(F)c(F)c(C)c(F)c3F)cc(CO)c2N1CCC. The number of anilines is 1. The second kappa shape index (κ2) is 9.34. The quantitative estimate of drug-likeness (QED) is 0.443. The highest BCUT2D eigenvalue weighted by atomic mass is 32.2. The summed E-state index contributed by atoms with van der Waals surface area (Å²) in [5, 5.41) is 9.94. The summed E-state index contributed by atoms with van der Waals surface area (Å²) in [5.74, 6) is -8.20. The summed E-state index contributed by atoms with van der Waals surface area (Å²) >= 11 is 0. The molecule has 5 nitrogen and oxygen atoms in total. The molecule has 1 aliphatic rings. The maximum Gasteiger partial charge on any atom is 0.187 e. The monoisotopic (exact) mass is 487 g/mol. The zero-order valence-corrected chi connectivity index (χ0v) is 19.3. The minimum atomic E-state index is -4.25. The van der Waals surface area contributed by atoms with E-state index in [0.29, 0.717) is 29.2 Å². The van der Waals surface area contributed by atoms with Crippen molar-refractivity contribution in [3.63, 3.8) is 0 Å². The van der Waals surface area contributed by atoms with E-state index in [1.807, 2.05) is 6.92 Å². The van der Waals surface area contributed by atoms with Crippen LogP contribution >= 0.6 is 0 Å². The summed E-state index contributed by atoms with van der Waals surface area (Å²) in [5.41, 5.74) is -0.0709. The predicted octanol–water partition coefficient (Wildman–Crippen LogP) is 4.94. The second-order valence-electron chi connectivity index (χ2n) is 8.05. The highest BCUT2D eigenvalue weighted by Gasteiger charge is 2.31. The van der Waals surface area contributed by atoms with Gasteiger partial charge < -0.3 is 14.7 Å². The molecule has 0 amide bonds. The van der Waals surface area contributed by atoms with E-state index in [-0.39, 0.29) is 5.56 Å². The van der Waals surface area contributed by atoms with E-state index in [0.717, 1.165) is 13.3 Å². The van der Waals surface area contributed by atoms with Crippen LogP contribution in [0.15, 0.2) is 24.6 Å². The average molecular weight is 488 g/mol. The Morgan fingerprint density at radius 1 is 1.09 bits per heavy atom. The van der Waals surface area contributed by atoms with E-state index in [9.17, 15) is 31.1 Å². The first-order valence-electron chi connectivity index (χ1n) is 10.3. The van der Waals surface area contributed by atoms with E-state index < -0.39 is 68.4 Å². The van der Waals surface area contributed by atoms with Crippen LogP contribution in [0.3, 0.4) is 0 Å². The Balaban J connectivity index is 2.01. The highest BCUT2D eigenvalue weighted by Crippen LogP contribution is 2.41. The van der Waals surface area contributed by atoms with Crippen LogP contribution in [0.25, 0.3) is 0 Å². The fourth-order valence-electron chi connectivity index (χ4n) is 3.98. The van der Waals surface area contributed by atoms with Gasteiger partial charge in [0.05, 0.1) is 23.8 Å².